The van der Waals surface area contributed by atoms with Crippen molar-refractivity contribution in [2.24, 2.45) is 5.41 Å². The number of ether oxygens (including phenoxy) is 1. The fourth-order valence-corrected chi connectivity index (χ4v) is 8.93. The predicted octanol–water partition coefficient (Wildman–Crippen LogP) is 6.34. The zero-order valence-corrected chi connectivity index (χ0v) is 28.4. The molecule has 2 amide bonds. The quantitative estimate of drug-likeness (QED) is 0.287. The van der Waals surface area contributed by atoms with Crippen LogP contribution >= 0.6 is 0 Å². The fraction of sp³-hybridized carbons (Fsp3) is 0.541. The van der Waals surface area contributed by atoms with E-state index in [1.54, 1.807) is 13.2 Å². The number of carbonyl (C=O) groups excluding carboxylic acids is 3. The number of fused-ring (bicyclic) bond motifs is 3. The van der Waals surface area contributed by atoms with Crippen molar-refractivity contribution in [3.8, 4) is 17.0 Å². The van der Waals surface area contributed by atoms with Crippen LogP contribution in [0.2, 0.25) is 0 Å². The highest BCUT2D eigenvalue weighted by molar-refractivity contribution is 7.90. The van der Waals surface area contributed by atoms with E-state index in [0.29, 0.717) is 25.3 Å². The molecule has 4 fully saturated rings. The number of hydrogen-bond acceptors (Lipinski definition) is 6. The normalized spacial score (nSPS) is 22.6. The maximum Gasteiger partial charge on any atom is 0.264 e. The Bertz CT molecular complexity index is 1820. The Labute approximate surface area is 277 Å². The lowest BCUT2D eigenvalue weighted by Crippen LogP contribution is -2.50. The van der Waals surface area contributed by atoms with Crippen LogP contribution in [0.5, 0.6) is 5.75 Å². The third kappa shape index (κ3) is 5.76. The summed E-state index contributed by atoms with van der Waals surface area (Å²) in [6, 6.07) is 13.5. The molecule has 2 unspecified atom stereocenters. The molecule has 2 aliphatic carbocycles. The molecule has 1 aromatic heterocycles. The molecule has 1 N–H and O–H groups in total. The number of amides is 2. The first-order chi connectivity index (χ1) is 22.5. The van der Waals surface area contributed by atoms with E-state index in [1.807, 2.05) is 29.2 Å². The average Bonchev–Trinajstić information content (AvgIpc) is 3.71. The first-order valence-corrected chi connectivity index (χ1v) is 18.8. The minimum absolute atomic E-state index is 0.00954. The van der Waals surface area contributed by atoms with Gasteiger partial charge in [-0.2, -0.15) is 0 Å². The Morgan fingerprint density at radius 3 is 2.21 bits per heavy atom. The van der Waals surface area contributed by atoms with Gasteiger partial charge in [0.1, 0.15) is 11.5 Å². The van der Waals surface area contributed by atoms with E-state index in [1.165, 1.54) is 25.8 Å². The molecule has 2 saturated heterocycles. The van der Waals surface area contributed by atoms with E-state index in [0.717, 1.165) is 79.3 Å². The van der Waals surface area contributed by atoms with Gasteiger partial charge in [-0.25, -0.2) is 13.1 Å². The smallest absolute Gasteiger partial charge is 0.264 e. The summed E-state index contributed by atoms with van der Waals surface area (Å²) >= 11 is 0. The first-order valence-electron chi connectivity index (χ1n) is 17.2. The molecule has 0 spiro atoms. The number of methoxy groups -OCH3 is 1. The Balaban J connectivity index is 1.38. The highest BCUT2D eigenvalue weighted by Crippen LogP contribution is 2.54. The lowest BCUT2D eigenvalue weighted by Gasteiger charge is -2.37. The third-order valence-corrected chi connectivity index (χ3v) is 12.9. The van der Waals surface area contributed by atoms with Crippen molar-refractivity contribution < 1.29 is 27.5 Å². The van der Waals surface area contributed by atoms with Crippen LogP contribution in [0.1, 0.15) is 106 Å². The minimum atomic E-state index is -3.82. The zero-order chi connectivity index (χ0) is 33.1. The summed E-state index contributed by atoms with van der Waals surface area (Å²) in [4.78, 5) is 42.3. The second kappa shape index (κ2) is 12.1. The molecular formula is C37H45N3O6S. The van der Waals surface area contributed by atoms with Gasteiger partial charge in [-0.1, -0.05) is 25.3 Å². The highest BCUT2D eigenvalue weighted by atomic mass is 32.2. The second-order valence-corrected chi connectivity index (χ2v) is 16.7. The minimum Gasteiger partial charge on any atom is -0.497 e. The Morgan fingerprint density at radius 2 is 1.62 bits per heavy atom. The van der Waals surface area contributed by atoms with Gasteiger partial charge in [0.2, 0.25) is 15.9 Å². The molecule has 10 heteroatoms. The van der Waals surface area contributed by atoms with Gasteiger partial charge in [0.15, 0.2) is 0 Å². The predicted molar refractivity (Wildman–Crippen MR) is 181 cm³/mol. The van der Waals surface area contributed by atoms with Gasteiger partial charge in [-0.05, 0) is 106 Å². The van der Waals surface area contributed by atoms with Crippen LogP contribution in [0.25, 0.3) is 22.2 Å². The second-order valence-electron chi connectivity index (χ2n) is 14.5. The number of hydrogen-bond donors (Lipinski definition) is 1. The molecule has 2 saturated carbocycles. The summed E-state index contributed by atoms with van der Waals surface area (Å²) in [5, 5.41) is 0.289. The maximum atomic E-state index is 14.5. The number of sulfonamides is 1. The summed E-state index contributed by atoms with van der Waals surface area (Å²) in [7, 11) is -2.17. The van der Waals surface area contributed by atoms with Crippen molar-refractivity contribution in [1.82, 2.24) is 14.2 Å². The van der Waals surface area contributed by atoms with Gasteiger partial charge in [0.25, 0.3) is 5.91 Å². The molecule has 2 atom stereocenters. The molecule has 3 aromatic rings. The van der Waals surface area contributed by atoms with Crippen molar-refractivity contribution >= 4 is 38.5 Å². The Hall–Kier alpha value is -3.66. The number of benzene rings is 2. The van der Waals surface area contributed by atoms with E-state index >= 15 is 0 Å². The largest absolute Gasteiger partial charge is 0.497 e. The highest BCUT2D eigenvalue weighted by Gasteiger charge is 2.56. The third-order valence-electron chi connectivity index (χ3n) is 11.1. The average molecular weight is 660 g/mol. The number of Topliss-reactive ketones (excluding diaryl/α,β-unsaturated/α-hetero) is 1. The van der Waals surface area contributed by atoms with E-state index in [9.17, 15) is 22.8 Å². The van der Waals surface area contributed by atoms with E-state index in [4.69, 9.17) is 4.74 Å². The standard InChI is InChI=1S/C37H45N3O6S/c1-23(2)47(44,45)38-35(42)26-11-16-31-32(19-26)39(22-37(17-18-37)36(43)40-27-12-13-28(40)21-29(41)20-27)34(25-9-14-30(46-3)15-10-25)33(31)24-7-5-4-6-8-24/h9-11,14-16,19,23-24,27-28H,4-8,12-13,17-18,20-22H2,1-3H3,(H,38,42). The van der Waals surface area contributed by atoms with E-state index in [-0.39, 0.29) is 29.3 Å². The van der Waals surface area contributed by atoms with Crippen LogP contribution < -0.4 is 9.46 Å². The van der Waals surface area contributed by atoms with Crippen LogP contribution in [0.3, 0.4) is 0 Å². The van der Waals surface area contributed by atoms with Crippen molar-refractivity contribution in [2.75, 3.05) is 7.11 Å². The van der Waals surface area contributed by atoms with Crippen LogP contribution in [-0.2, 0) is 26.2 Å². The number of nitrogens with zero attached hydrogens (tertiary/aromatic N) is 2. The molecule has 7 rings (SSSR count). The summed E-state index contributed by atoms with van der Waals surface area (Å²) in [5.74, 6) is 0.818. The fourth-order valence-electron chi connectivity index (χ4n) is 8.32. The number of piperidine rings is 1. The van der Waals surface area contributed by atoms with Crippen molar-refractivity contribution in [1.29, 1.82) is 0 Å². The van der Waals surface area contributed by atoms with Crippen LogP contribution in [0, 0.1) is 5.41 Å². The molecule has 4 aliphatic rings. The van der Waals surface area contributed by atoms with Gasteiger partial charge in [-0.3, -0.25) is 14.4 Å². The lowest BCUT2D eigenvalue weighted by molar-refractivity contribution is -0.144. The molecule has 250 valence electrons. The van der Waals surface area contributed by atoms with Gasteiger partial charge < -0.3 is 14.2 Å². The SMILES string of the molecule is COc1ccc(-c2c(C3CCCCC3)c3ccc(C(=O)NS(=O)(=O)C(C)C)cc3n2CC2(C(=O)N3C4CCC3CC(=O)C4)CC2)cc1. The summed E-state index contributed by atoms with van der Waals surface area (Å²) in [5.41, 5.74) is 3.82. The Morgan fingerprint density at radius 1 is 0.957 bits per heavy atom. The molecule has 47 heavy (non-hydrogen) atoms. The summed E-state index contributed by atoms with van der Waals surface area (Å²) < 4.78 is 35.3. The van der Waals surface area contributed by atoms with Crippen LogP contribution in [0.4, 0.5) is 0 Å². The lowest BCUT2D eigenvalue weighted by atomic mass is 9.81. The van der Waals surface area contributed by atoms with Gasteiger partial charge >= 0.3 is 0 Å². The summed E-state index contributed by atoms with van der Waals surface area (Å²) in [6.07, 6.45) is 9.82. The molecule has 9 nitrogen and oxygen atoms in total. The molecule has 0 radical (unpaired) electrons. The van der Waals surface area contributed by atoms with Gasteiger partial charge in [-0.15, -0.1) is 0 Å². The van der Waals surface area contributed by atoms with Crippen molar-refractivity contribution in [3.63, 3.8) is 0 Å². The van der Waals surface area contributed by atoms with Crippen LogP contribution in [-0.4, -0.2) is 59.9 Å². The number of aromatic nitrogens is 1. The Kier molecular flexibility index (Phi) is 8.21. The van der Waals surface area contributed by atoms with Gasteiger partial charge in [0.05, 0.1) is 23.5 Å². The molecular weight excluding hydrogens is 614 g/mol. The first kappa shape index (κ1) is 31.9. The topological polar surface area (TPSA) is 115 Å². The molecule has 3 heterocycles. The number of carbonyl (C=O) groups is 3. The number of ketones is 1. The van der Waals surface area contributed by atoms with Gasteiger partial charge in [0, 0.05) is 47.9 Å². The molecule has 2 aromatic carbocycles. The molecule has 2 aliphatic heterocycles. The maximum absolute atomic E-state index is 14.5. The monoisotopic (exact) mass is 659 g/mol. The van der Waals surface area contributed by atoms with E-state index in [2.05, 4.69) is 21.4 Å². The van der Waals surface area contributed by atoms with Crippen LogP contribution in [0.15, 0.2) is 42.5 Å². The van der Waals surface area contributed by atoms with Crippen molar-refractivity contribution in [3.05, 3.63) is 53.6 Å². The zero-order valence-electron chi connectivity index (χ0n) is 27.6. The van der Waals surface area contributed by atoms with Crippen molar-refractivity contribution in [2.45, 2.75) is 114 Å². The van der Waals surface area contributed by atoms with E-state index < -0.39 is 26.6 Å². The summed E-state index contributed by atoms with van der Waals surface area (Å²) in [6.45, 7) is 3.53. The number of rotatable bonds is 9. The number of nitrogens with one attached hydrogen (secondary N) is 1. The molecule has 2 bridgehead atoms.